The number of carbonyl (C=O) groups excluding carboxylic acids is 1. The largest absolute Gasteiger partial charge is 0.493 e. The molecule has 7 heteroatoms. The average molecular weight is 354 g/mol. The average Bonchev–Trinajstić information content (AvgIpc) is 2.69. The highest BCUT2D eigenvalue weighted by Crippen LogP contribution is 2.31. The number of ether oxygens (including phenoxy) is 3. The molecule has 0 saturated heterocycles. The summed E-state index contributed by atoms with van der Waals surface area (Å²) < 4.78 is 16.6. The molecule has 0 unspecified atom stereocenters. The molecule has 134 valence electrons. The smallest absolute Gasteiger partial charge is 0.325 e. The van der Waals surface area contributed by atoms with Gasteiger partial charge < -0.3 is 14.2 Å². The van der Waals surface area contributed by atoms with Gasteiger partial charge in [0.15, 0.2) is 11.5 Å². The van der Waals surface area contributed by atoms with E-state index < -0.39 is 5.97 Å². The zero-order valence-corrected chi connectivity index (χ0v) is 14.7. The summed E-state index contributed by atoms with van der Waals surface area (Å²) in [5.74, 6) is 0.863. The number of esters is 1. The number of methoxy groups -OCH3 is 3. The number of hydrogen-bond acceptors (Lipinski definition) is 6. The zero-order valence-electron chi connectivity index (χ0n) is 14.7. The van der Waals surface area contributed by atoms with Crippen LogP contribution in [0.4, 0.5) is 0 Å². The van der Waals surface area contributed by atoms with Crippen molar-refractivity contribution >= 4 is 16.9 Å². The number of para-hydroxylation sites is 1. The highest BCUT2D eigenvalue weighted by Gasteiger charge is 2.17. The summed E-state index contributed by atoms with van der Waals surface area (Å²) in [6.45, 7) is -0.239. The van der Waals surface area contributed by atoms with Gasteiger partial charge in [0.2, 0.25) is 0 Å². The van der Waals surface area contributed by atoms with E-state index in [1.54, 1.807) is 49.6 Å². The van der Waals surface area contributed by atoms with Gasteiger partial charge in [0.1, 0.15) is 12.4 Å². The van der Waals surface area contributed by atoms with Crippen molar-refractivity contribution in [2.24, 2.45) is 0 Å². The van der Waals surface area contributed by atoms with E-state index in [2.05, 4.69) is 4.98 Å². The minimum absolute atomic E-state index is 0.239. The Hall–Kier alpha value is -3.35. The Balaban J connectivity index is 2.28. The monoisotopic (exact) mass is 354 g/mol. The van der Waals surface area contributed by atoms with Crippen LogP contribution in [0.3, 0.4) is 0 Å². The third-order valence-electron chi connectivity index (χ3n) is 4.02. The number of carbonyl (C=O) groups is 1. The maximum Gasteiger partial charge on any atom is 0.325 e. The molecule has 0 aliphatic carbocycles. The Morgan fingerprint density at radius 1 is 1.04 bits per heavy atom. The van der Waals surface area contributed by atoms with Crippen LogP contribution in [-0.2, 0) is 16.1 Å². The Morgan fingerprint density at radius 3 is 2.46 bits per heavy atom. The number of hydrogen-bond donors (Lipinski definition) is 0. The predicted molar refractivity (Wildman–Crippen MR) is 96.6 cm³/mol. The lowest BCUT2D eigenvalue weighted by atomic mass is 10.1. The summed E-state index contributed by atoms with van der Waals surface area (Å²) in [4.78, 5) is 29.3. The van der Waals surface area contributed by atoms with Gasteiger partial charge in [0, 0.05) is 5.56 Å². The fourth-order valence-corrected chi connectivity index (χ4v) is 2.70. The molecular weight excluding hydrogens is 336 g/mol. The second kappa shape index (κ2) is 7.26. The van der Waals surface area contributed by atoms with E-state index in [1.165, 1.54) is 18.8 Å². The van der Waals surface area contributed by atoms with Gasteiger partial charge in [-0.25, -0.2) is 4.98 Å². The van der Waals surface area contributed by atoms with Crippen LogP contribution in [0.15, 0.2) is 47.3 Å². The van der Waals surface area contributed by atoms with Crippen LogP contribution >= 0.6 is 0 Å². The van der Waals surface area contributed by atoms with Crippen molar-refractivity contribution in [2.45, 2.75) is 6.54 Å². The van der Waals surface area contributed by atoms with E-state index >= 15 is 0 Å². The molecule has 2 aromatic carbocycles. The summed E-state index contributed by atoms with van der Waals surface area (Å²) in [7, 11) is 4.34. The summed E-state index contributed by atoms with van der Waals surface area (Å²) in [5, 5.41) is 0.431. The van der Waals surface area contributed by atoms with Crippen LogP contribution in [0.2, 0.25) is 0 Å². The summed E-state index contributed by atoms with van der Waals surface area (Å²) >= 11 is 0. The van der Waals surface area contributed by atoms with Crippen molar-refractivity contribution in [1.29, 1.82) is 0 Å². The third kappa shape index (κ3) is 3.11. The lowest BCUT2D eigenvalue weighted by molar-refractivity contribution is -0.141. The van der Waals surface area contributed by atoms with E-state index in [9.17, 15) is 9.59 Å². The number of aromatic nitrogens is 2. The Bertz CT molecular complexity index is 1030. The molecule has 26 heavy (non-hydrogen) atoms. The van der Waals surface area contributed by atoms with Crippen LogP contribution in [0.25, 0.3) is 22.3 Å². The summed E-state index contributed by atoms with van der Waals surface area (Å²) in [5.41, 5.74) is 0.851. The Kier molecular flexibility index (Phi) is 4.88. The quantitative estimate of drug-likeness (QED) is 0.654. The fourth-order valence-electron chi connectivity index (χ4n) is 2.70. The standard InChI is InChI=1S/C19H18N2O5/c1-24-15-9-8-12(10-16(15)25-2)18-20-14-7-5-4-6-13(14)19(23)21(18)11-17(22)26-3/h4-10H,11H2,1-3H3. The minimum atomic E-state index is -0.536. The van der Waals surface area contributed by atoms with Crippen LogP contribution in [0.1, 0.15) is 0 Å². The van der Waals surface area contributed by atoms with Crippen molar-refractivity contribution in [2.75, 3.05) is 21.3 Å². The molecule has 1 aromatic heterocycles. The number of benzene rings is 2. The molecule has 3 aromatic rings. The maximum absolute atomic E-state index is 12.9. The van der Waals surface area contributed by atoms with E-state index in [-0.39, 0.29) is 12.1 Å². The first-order valence-electron chi connectivity index (χ1n) is 7.87. The predicted octanol–water partition coefficient (Wildman–Crippen LogP) is 2.25. The van der Waals surface area contributed by atoms with Crippen LogP contribution < -0.4 is 15.0 Å². The van der Waals surface area contributed by atoms with Gasteiger partial charge >= 0.3 is 5.97 Å². The van der Waals surface area contributed by atoms with Crippen molar-refractivity contribution in [3.05, 3.63) is 52.8 Å². The van der Waals surface area contributed by atoms with Gasteiger partial charge in [-0.05, 0) is 30.3 Å². The van der Waals surface area contributed by atoms with Gasteiger partial charge in [0.25, 0.3) is 5.56 Å². The second-order valence-corrected chi connectivity index (χ2v) is 5.49. The third-order valence-corrected chi connectivity index (χ3v) is 4.02. The molecule has 7 nitrogen and oxygen atoms in total. The highest BCUT2D eigenvalue weighted by molar-refractivity contribution is 5.81. The van der Waals surface area contributed by atoms with Gasteiger partial charge in [-0.3, -0.25) is 14.2 Å². The first-order valence-corrected chi connectivity index (χ1v) is 7.87. The molecule has 0 N–H and O–H groups in total. The first-order chi connectivity index (χ1) is 12.6. The van der Waals surface area contributed by atoms with Crippen molar-refractivity contribution < 1.29 is 19.0 Å². The van der Waals surface area contributed by atoms with Crippen LogP contribution in [0, 0.1) is 0 Å². The number of nitrogens with zero attached hydrogens (tertiary/aromatic N) is 2. The SMILES string of the molecule is COC(=O)Cn1c(-c2ccc(OC)c(OC)c2)nc2ccccc2c1=O. The van der Waals surface area contributed by atoms with Crippen LogP contribution in [-0.4, -0.2) is 36.8 Å². The van der Waals surface area contributed by atoms with E-state index in [1.807, 2.05) is 0 Å². The Morgan fingerprint density at radius 2 is 1.77 bits per heavy atom. The lowest BCUT2D eigenvalue weighted by Gasteiger charge is -2.14. The molecule has 0 aliphatic heterocycles. The zero-order chi connectivity index (χ0) is 18.7. The minimum Gasteiger partial charge on any atom is -0.493 e. The topological polar surface area (TPSA) is 79.7 Å². The molecule has 0 bridgehead atoms. The van der Waals surface area contributed by atoms with Gasteiger partial charge in [-0.1, -0.05) is 12.1 Å². The highest BCUT2D eigenvalue weighted by atomic mass is 16.5. The van der Waals surface area contributed by atoms with E-state index in [0.29, 0.717) is 33.8 Å². The van der Waals surface area contributed by atoms with Crippen molar-refractivity contribution in [3.63, 3.8) is 0 Å². The molecule has 3 rings (SSSR count). The van der Waals surface area contributed by atoms with Crippen molar-refractivity contribution in [3.8, 4) is 22.9 Å². The lowest BCUT2D eigenvalue weighted by Crippen LogP contribution is -2.27. The summed E-state index contributed by atoms with van der Waals surface area (Å²) in [6, 6.07) is 12.2. The molecule has 0 saturated carbocycles. The first kappa shape index (κ1) is 17.5. The molecule has 0 aliphatic rings. The molecule has 0 spiro atoms. The maximum atomic E-state index is 12.9. The molecule has 0 amide bonds. The van der Waals surface area contributed by atoms with E-state index in [0.717, 1.165) is 0 Å². The second-order valence-electron chi connectivity index (χ2n) is 5.49. The fraction of sp³-hybridized carbons (Fsp3) is 0.211. The summed E-state index contributed by atoms with van der Waals surface area (Å²) in [6.07, 6.45) is 0. The van der Waals surface area contributed by atoms with Gasteiger partial charge in [-0.2, -0.15) is 0 Å². The Labute approximate surface area is 149 Å². The normalized spacial score (nSPS) is 10.6. The van der Waals surface area contributed by atoms with Gasteiger partial charge in [-0.15, -0.1) is 0 Å². The molecule has 1 heterocycles. The van der Waals surface area contributed by atoms with Crippen LogP contribution in [0.5, 0.6) is 11.5 Å². The van der Waals surface area contributed by atoms with Crippen molar-refractivity contribution in [1.82, 2.24) is 9.55 Å². The molecular formula is C19H18N2O5. The van der Waals surface area contributed by atoms with E-state index in [4.69, 9.17) is 14.2 Å². The molecule has 0 fully saturated rings. The number of fused-ring (bicyclic) bond motifs is 1. The molecule has 0 radical (unpaired) electrons. The van der Waals surface area contributed by atoms with Gasteiger partial charge in [0.05, 0.1) is 32.2 Å². The molecule has 0 atom stereocenters. The number of rotatable bonds is 5.